The predicted octanol–water partition coefficient (Wildman–Crippen LogP) is 7.51. The smallest absolute Gasteiger partial charge is 0.241 e. The van der Waals surface area contributed by atoms with Gasteiger partial charge in [-0.05, 0) is 68.3 Å². The van der Waals surface area contributed by atoms with Crippen molar-refractivity contribution in [2.45, 2.75) is 40.4 Å². The maximum absolute atomic E-state index is 13.8. The van der Waals surface area contributed by atoms with Crippen molar-refractivity contribution in [2.75, 3.05) is 0 Å². The molecule has 32 heavy (non-hydrogen) atoms. The van der Waals surface area contributed by atoms with Gasteiger partial charge in [-0.3, -0.25) is 0 Å². The van der Waals surface area contributed by atoms with Gasteiger partial charge >= 0.3 is 10.1 Å². The van der Waals surface area contributed by atoms with E-state index < -0.39 is 20.4 Å². The third-order valence-corrected chi connectivity index (χ3v) is 10.8. The predicted molar refractivity (Wildman–Crippen MR) is 132 cm³/mol. The highest BCUT2D eigenvalue weighted by molar-refractivity contribution is 8.30. The molecule has 0 aliphatic heterocycles. The Bertz CT molecular complexity index is 1280. The van der Waals surface area contributed by atoms with Crippen LogP contribution in [0.1, 0.15) is 16.7 Å². The summed E-state index contributed by atoms with van der Waals surface area (Å²) in [5, 5.41) is 0. The van der Waals surface area contributed by atoms with Gasteiger partial charge in [-0.2, -0.15) is 0 Å². The molecule has 164 valence electrons. The first-order valence-corrected chi connectivity index (χ1v) is 13.4. The SMILES string of the molecule is Cc1cc(C)c(S([O+]=S(=O)(O)c2ccccc2)(c2ccccc2)c2ccccc2)c(C)c1. The van der Waals surface area contributed by atoms with Gasteiger partial charge in [0, 0.05) is 0 Å². The zero-order valence-electron chi connectivity index (χ0n) is 18.4. The molecule has 0 aliphatic carbocycles. The highest BCUT2D eigenvalue weighted by atomic mass is 32.3. The first-order valence-electron chi connectivity index (χ1n) is 10.4. The Balaban J connectivity index is 2.21. The third kappa shape index (κ3) is 4.11. The number of hydrogen-bond donors (Lipinski definition) is 1. The fourth-order valence-corrected chi connectivity index (χ4v) is 9.77. The molecule has 0 spiro atoms. The fourth-order valence-electron chi connectivity index (χ4n) is 4.10. The quantitative estimate of drug-likeness (QED) is 0.246. The van der Waals surface area contributed by atoms with Crippen molar-refractivity contribution in [3.05, 3.63) is 120 Å². The van der Waals surface area contributed by atoms with E-state index in [4.69, 9.17) is 3.29 Å². The molecule has 0 fully saturated rings. The standard InChI is InChI=1S/C27H26O3S2/c1-21-19-22(2)27(23(3)20-21)31(24-13-7-4-8-14-24,25-15-9-5-10-16-25)30-32(28,29)26-17-11-6-12-18-26/h4-20H,1-3H3/p+1. The maximum Gasteiger partial charge on any atom is 0.454 e. The van der Waals surface area contributed by atoms with Crippen LogP contribution >= 0.6 is 10.3 Å². The summed E-state index contributed by atoms with van der Waals surface area (Å²) >= 11 is 0. The molecule has 1 unspecified atom stereocenters. The van der Waals surface area contributed by atoms with E-state index in [2.05, 4.69) is 19.1 Å². The zero-order valence-corrected chi connectivity index (χ0v) is 20.0. The van der Waals surface area contributed by atoms with Crippen molar-refractivity contribution in [2.24, 2.45) is 0 Å². The minimum absolute atomic E-state index is 0.256. The summed E-state index contributed by atoms with van der Waals surface area (Å²) < 4.78 is 31.6. The summed E-state index contributed by atoms with van der Waals surface area (Å²) in [6.07, 6.45) is 0. The van der Waals surface area contributed by atoms with Gasteiger partial charge in [-0.15, -0.1) is 7.49 Å². The Morgan fingerprint density at radius 3 is 1.41 bits per heavy atom. The van der Waals surface area contributed by atoms with Crippen molar-refractivity contribution >= 4 is 20.4 Å². The van der Waals surface area contributed by atoms with Gasteiger partial charge in [0.1, 0.15) is 4.90 Å². The number of aryl methyl sites for hydroxylation is 3. The number of benzene rings is 4. The van der Waals surface area contributed by atoms with Crippen LogP contribution in [0.3, 0.4) is 0 Å². The first kappa shape index (κ1) is 22.3. The van der Waals surface area contributed by atoms with Gasteiger partial charge in [0.05, 0.1) is 14.7 Å². The molecule has 0 aromatic heterocycles. The molecular formula is C27H27O3S2+. The Labute approximate surface area is 192 Å². The highest BCUT2D eigenvalue weighted by Crippen LogP contribution is 2.69. The fraction of sp³-hybridized carbons (Fsp3) is 0.111. The van der Waals surface area contributed by atoms with Crippen molar-refractivity contribution in [1.29, 1.82) is 0 Å². The lowest BCUT2D eigenvalue weighted by atomic mass is 10.1. The summed E-state index contributed by atoms with van der Waals surface area (Å²) in [7, 11) is -6.36. The average Bonchev–Trinajstić information content (AvgIpc) is 2.79. The van der Waals surface area contributed by atoms with Gasteiger partial charge in [-0.25, -0.2) is 4.55 Å². The summed E-state index contributed by atoms with van der Waals surface area (Å²) in [5.41, 5.74) is 3.22. The molecule has 1 atom stereocenters. The van der Waals surface area contributed by atoms with Crippen molar-refractivity contribution < 1.29 is 12.0 Å². The van der Waals surface area contributed by atoms with E-state index in [9.17, 15) is 8.76 Å². The molecule has 4 aromatic carbocycles. The van der Waals surface area contributed by atoms with Crippen LogP contribution in [0.4, 0.5) is 0 Å². The van der Waals surface area contributed by atoms with Crippen LogP contribution in [0.5, 0.6) is 0 Å². The van der Waals surface area contributed by atoms with Crippen LogP contribution in [-0.4, -0.2) is 8.76 Å². The lowest BCUT2D eigenvalue weighted by Gasteiger charge is -2.28. The van der Waals surface area contributed by atoms with E-state index in [1.54, 1.807) is 24.3 Å². The second kappa shape index (κ2) is 8.94. The molecule has 0 saturated heterocycles. The molecule has 0 saturated carbocycles. The van der Waals surface area contributed by atoms with Crippen LogP contribution in [-0.2, 0) is 13.4 Å². The Hall–Kier alpha value is -2.86. The second-order valence-electron chi connectivity index (χ2n) is 7.77. The van der Waals surface area contributed by atoms with Crippen LogP contribution in [0.15, 0.2) is 123 Å². The molecule has 3 nitrogen and oxygen atoms in total. The lowest BCUT2D eigenvalue weighted by molar-refractivity contribution is 0.352. The number of hydrogen-bond acceptors (Lipinski definition) is 1. The van der Waals surface area contributed by atoms with E-state index in [0.717, 1.165) is 31.4 Å². The Morgan fingerprint density at radius 2 is 1.00 bits per heavy atom. The molecule has 4 aromatic rings. The topological polar surface area (TPSA) is 48.6 Å². The first-order chi connectivity index (χ1) is 15.3. The molecule has 0 amide bonds. The zero-order chi connectivity index (χ0) is 22.8. The summed E-state index contributed by atoms with van der Waals surface area (Å²) in [4.78, 5) is 2.96. The van der Waals surface area contributed by atoms with Crippen LogP contribution < -0.4 is 0 Å². The van der Waals surface area contributed by atoms with Crippen molar-refractivity contribution in [1.82, 2.24) is 0 Å². The van der Waals surface area contributed by atoms with Crippen molar-refractivity contribution in [3.63, 3.8) is 0 Å². The van der Waals surface area contributed by atoms with Crippen LogP contribution in [0.2, 0.25) is 0 Å². The van der Waals surface area contributed by atoms with Gasteiger partial charge < -0.3 is 0 Å². The van der Waals surface area contributed by atoms with Crippen LogP contribution in [0, 0.1) is 20.8 Å². The monoisotopic (exact) mass is 463 g/mol. The molecule has 5 heteroatoms. The van der Waals surface area contributed by atoms with E-state index in [-0.39, 0.29) is 4.90 Å². The normalized spacial score (nSPS) is 13.9. The molecule has 1 N–H and O–H groups in total. The number of rotatable bonds is 5. The molecule has 0 bridgehead atoms. The Kier molecular flexibility index (Phi) is 6.24. The van der Waals surface area contributed by atoms with Crippen LogP contribution in [0.25, 0.3) is 0 Å². The highest BCUT2D eigenvalue weighted by Gasteiger charge is 2.47. The van der Waals surface area contributed by atoms with Gasteiger partial charge in [0.25, 0.3) is 0 Å². The molecule has 0 aliphatic rings. The van der Waals surface area contributed by atoms with Gasteiger partial charge in [0.2, 0.25) is 0 Å². The van der Waals surface area contributed by atoms with E-state index in [0.29, 0.717) is 0 Å². The lowest BCUT2D eigenvalue weighted by Crippen LogP contribution is -2.12. The summed E-state index contributed by atoms with van der Waals surface area (Å²) in [6.45, 7) is 6.16. The maximum atomic E-state index is 13.8. The van der Waals surface area contributed by atoms with Gasteiger partial charge in [-0.1, -0.05) is 72.3 Å². The minimum atomic E-state index is -3.82. The third-order valence-electron chi connectivity index (χ3n) is 5.28. The molecule has 4 rings (SSSR count). The van der Waals surface area contributed by atoms with E-state index in [1.807, 2.05) is 80.6 Å². The summed E-state index contributed by atoms with van der Waals surface area (Å²) in [5.74, 6) is 0. The Morgan fingerprint density at radius 1 is 0.625 bits per heavy atom. The van der Waals surface area contributed by atoms with E-state index in [1.165, 1.54) is 0 Å². The van der Waals surface area contributed by atoms with Gasteiger partial charge in [0.15, 0.2) is 10.3 Å². The second-order valence-corrected chi connectivity index (χ2v) is 12.2. The molecule has 0 heterocycles. The van der Waals surface area contributed by atoms with Crippen molar-refractivity contribution in [3.8, 4) is 0 Å². The molecular weight excluding hydrogens is 436 g/mol. The van der Waals surface area contributed by atoms with E-state index >= 15 is 0 Å². The average molecular weight is 464 g/mol. The molecule has 0 radical (unpaired) electrons. The largest absolute Gasteiger partial charge is 0.454 e. The minimum Gasteiger partial charge on any atom is -0.241 e. The summed E-state index contributed by atoms with van der Waals surface area (Å²) in [6, 6.07) is 32.5.